The molecule has 7 nitrogen and oxygen atoms in total. The Labute approximate surface area is 174 Å². The molecule has 0 bridgehead atoms. The molecule has 0 saturated heterocycles. The number of nitrogens with zero attached hydrogens (tertiary/aromatic N) is 3. The molecular formula is C21H25N3O4S. The molecule has 154 valence electrons. The van der Waals surface area contributed by atoms with Crippen molar-refractivity contribution < 1.29 is 14.5 Å². The maximum Gasteiger partial charge on any atom is 0.269 e. The molecule has 0 spiro atoms. The first-order valence-corrected chi connectivity index (χ1v) is 10.4. The van der Waals surface area contributed by atoms with Crippen LogP contribution >= 0.6 is 11.8 Å². The van der Waals surface area contributed by atoms with Gasteiger partial charge in [0.05, 0.1) is 29.0 Å². The molecule has 1 aliphatic rings. The first kappa shape index (κ1) is 21.0. The fourth-order valence-electron chi connectivity index (χ4n) is 3.38. The third-order valence-corrected chi connectivity index (χ3v) is 5.97. The molecule has 0 aliphatic carbocycles. The SMILES string of the molecule is CCN1C[C@@H](CN(C)C(=O)[C@@H](C)Sc2ccc([N+](=O)[O-])cc2)Oc2ccccc21. The van der Waals surface area contributed by atoms with Crippen LogP contribution in [0.2, 0.25) is 0 Å². The van der Waals surface area contributed by atoms with Crippen LogP contribution in [0.25, 0.3) is 0 Å². The highest BCUT2D eigenvalue weighted by Gasteiger charge is 2.28. The summed E-state index contributed by atoms with van der Waals surface area (Å²) in [5.74, 6) is 0.846. The Bertz CT molecular complexity index is 874. The van der Waals surface area contributed by atoms with Crippen LogP contribution in [0, 0.1) is 10.1 Å². The molecule has 0 unspecified atom stereocenters. The van der Waals surface area contributed by atoms with Gasteiger partial charge in [0.2, 0.25) is 5.91 Å². The summed E-state index contributed by atoms with van der Waals surface area (Å²) in [6.45, 7) is 6.06. The largest absolute Gasteiger partial charge is 0.485 e. The second-order valence-corrected chi connectivity index (χ2v) is 8.39. The number of ether oxygens (including phenoxy) is 1. The standard InChI is InChI=1S/C21H25N3O4S/c1-4-23-14-17(28-20-8-6-5-7-19(20)23)13-22(3)21(25)15(2)29-18-11-9-16(10-12-18)24(26)27/h5-12,15,17H,4,13-14H2,1-3H3/t15-,17-/m1/s1. The van der Waals surface area contributed by atoms with Gasteiger partial charge in [-0.15, -0.1) is 11.8 Å². The fourth-order valence-corrected chi connectivity index (χ4v) is 4.36. The van der Waals surface area contributed by atoms with E-state index in [0.717, 1.165) is 29.4 Å². The molecule has 2 atom stereocenters. The molecule has 29 heavy (non-hydrogen) atoms. The molecule has 0 saturated carbocycles. The number of fused-ring (bicyclic) bond motifs is 1. The average Bonchev–Trinajstić information content (AvgIpc) is 2.72. The second-order valence-electron chi connectivity index (χ2n) is 6.98. The highest BCUT2D eigenvalue weighted by molar-refractivity contribution is 8.00. The zero-order chi connectivity index (χ0) is 21.0. The van der Waals surface area contributed by atoms with E-state index in [9.17, 15) is 14.9 Å². The number of rotatable bonds is 7. The number of nitro groups is 1. The van der Waals surface area contributed by atoms with Crippen molar-refractivity contribution in [2.24, 2.45) is 0 Å². The number of para-hydroxylation sites is 2. The molecule has 8 heteroatoms. The third-order valence-electron chi connectivity index (χ3n) is 4.87. The minimum absolute atomic E-state index is 0.00106. The Kier molecular flexibility index (Phi) is 6.64. The van der Waals surface area contributed by atoms with Crippen molar-refractivity contribution >= 4 is 29.0 Å². The number of hydrogen-bond donors (Lipinski definition) is 0. The van der Waals surface area contributed by atoms with Gasteiger partial charge in [-0.1, -0.05) is 12.1 Å². The number of thioether (sulfide) groups is 1. The number of likely N-dealkylation sites (N-methyl/N-ethyl adjacent to an activating group) is 2. The summed E-state index contributed by atoms with van der Waals surface area (Å²) < 4.78 is 6.11. The minimum Gasteiger partial charge on any atom is -0.485 e. The Hall–Kier alpha value is -2.74. The predicted octanol–water partition coefficient (Wildman–Crippen LogP) is 3.82. The van der Waals surface area contributed by atoms with Crippen molar-refractivity contribution in [1.29, 1.82) is 0 Å². The summed E-state index contributed by atoms with van der Waals surface area (Å²) in [5.41, 5.74) is 1.13. The van der Waals surface area contributed by atoms with Crippen molar-refractivity contribution in [3.8, 4) is 5.75 Å². The smallest absolute Gasteiger partial charge is 0.269 e. The predicted molar refractivity (Wildman–Crippen MR) is 115 cm³/mol. The number of carbonyl (C=O) groups excluding carboxylic acids is 1. The number of anilines is 1. The molecule has 3 rings (SSSR count). The number of amides is 1. The lowest BCUT2D eigenvalue weighted by atomic mass is 10.2. The van der Waals surface area contributed by atoms with Gasteiger partial charge >= 0.3 is 0 Å². The number of hydrogen-bond acceptors (Lipinski definition) is 6. The molecular weight excluding hydrogens is 390 g/mol. The third kappa shape index (κ3) is 5.00. The van der Waals surface area contributed by atoms with E-state index >= 15 is 0 Å². The highest BCUT2D eigenvalue weighted by atomic mass is 32.2. The Morgan fingerprint density at radius 1 is 1.31 bits per heavy atom. The van der Waals surface area contributed by atoms with E-state index in [2.05, 4.69) is 11.8 Å². The maximum absolute atomic E-state index is 12.8. The summed E-state index contributed by atoms with van der Waals surface area (Å²) in [6, 6.07) is 14.2. The quantitative estimate of drug-likeness (QED) is 0.389. The molecule has 0 fully saturated rings. The Morgan fingerprint density at radius 3 is 2.66 bits per heavy atom. The van der Waals surface area contributed by atoms with Gasteiger partial charge < -0.3 is 14.5 Å². The molecule has 0 aromatic heterocycles. The van der Waals surface area contributed by atoms with Gasteiger partial charge in [0, 0.05) is 30.6 Å². The molecule has 2 aromatic carbocycles. The van der Waals surface area contributed by atoms with Crippen molar-refractivity contribution in [2.45, 2.75) is 30.1 Å². The zero-order valence-electron chi connectivity index (χ0n) is 16.8. The van der Waals surface area contributed by atoms with Gasteiger partial charge in [-0.3, -0.25) is 14.9 Å². The second kappa shape index (κ2) is 9.17. The molecule has 1 heterocycles. The van der Waals surface area contributed by atoms with Crippen molar-refractivity contribution in [3.63, 3.8) is 0 Å². The van der Waals surface area contributed by atoms with E-state index < -0.39 is 4.92 Å². The van der Waals surface area contributed by atoms with E-state index in [0.29, 0.717) is 6.54 Å². The molecule has 0 radical (unpaired) electrons. The Morgan fingerprint density at radius 2 is 2.00 bits per heavy atom. The topological polar surface area (TPSA) is 75.9 Å². The van der Waals surface area contributed by atoms with E-state index in [-0.39, 0.29) is 22.9 Å². The van der Waals surface area contributed by atoms with Crippen LogP contribution in [0.1, 0.15) is 13.8 Å². The van der Waals surface area contributed by atoms with Gasteiger partial charge in [0.15, 0.2) is 0 Å². The average molecular weight is 416 g/mol. The van der Waals surface area contributed by atoms with E-state index in [1.54, 1.807) is 24.1 Å². The zero-order valence-corrected chi connectivity index (χ0v) is 17.6. The van der Waals surface area contributed by atoms with Gasteiger partial charge in [-0.25, -0.2) is 0 Å². The number of benzene rings is 2. The number of nitro benzene ring substituents is 1. The van der Waals surface area contributed by atoms with E-state index in [4.69, 9.17) is 4.74 Å². The number of non-ortho nitro benzene ring substituents is 1. The molecule has 0 N–H and O–H groups in total. The van der Waals surface area contributed by atoms with Gasteiger partial charge in [0.25, 0.3) is 5.69 Å². The van der Waals surface area contributed by atoms with Crippen molar-refractivity contribution in [1.82, 2.24) is 4.90 Å². The van der Waals surface area contributed by atoms with E-state index in [1.807, 2.05) is 31.2 Å². The van der Waals surface area contributed by atoms with Crippen LogP contribution in [0.3, 0.4) is 0 Å². The summed E-state index contributed by atoms with van der Waals surface area (Å²) in [4.78, 5) is 27.9. The minimum atomic E-state index is -0.432. The maximum atomic E-state index is 12.8. The Balaban J connectivity index is 1.59. The lowest BCUT2D eigenvalue weighted by molar-refractivity contribution is -0.384. The summed E-state index contributed by atoms with van der Waals surface area (Å²) >= 11 is 1.39. The van der Waals surface area contributed by atoms with Crippen LogP contribution in [0.4, 0.5) is 11.4 Å². The lowest BCUT2D eigenvalue weighted by Gasteiger charge is -2.37. The first-order chi connectivity index (χ1) is 13.9. The van der Waals surface area contributed by atoms with Gasteiger partial charge in [-0.05, 0) is 38.1 Å². The van der Waals surface area contributed by atoms with Crippen LogP contribution in [-0.2, 0) is 4.79 Å². The van der Waals surface area contributed by atoms with Crippen LogP contribution in [0.15, 0.2) is 53.4 Å². The number of carbonyl (C=O) groups is 1. The molecule has 2 aromatic rings. The monoisotopic (exact) mass is 415 g/mol. The van der Waals surface area contributed by atoms with Gasteiger partial charge in [-0.2, -0.15) is 0 Å². The van der Waals surface area contributed by atoms with E-state index in [1.165, 1.54) is 23.9 Å². The van der Waals surface area contributed by atoms with Crippen LogP contribution in [-0.4, -0.2) is 53.8 Å². The molecule has 1 amide bonds. The summed E-state index contributed by atoms with van der Waals surface area (Å²) in [5, 5.41) is 10.5. The first-order valence-electron chi connectivity index (χ1n) is 9.55. The normalized spacial score (nSPS) is 16.5. The van der Waals surface area contributed by atoms with Crippen LogP contribution < -0.4 is 9.64 Å². The van der Waals surface area contributed by atoms with Crippen molar-refractivity contribution in [3.05, 3.63) is 58.6 Å². The van der Waals surface area contributed by atoms with Crippen LogP contribution in [0.5, 0.6) is 5.75 Å². The van der Waals surface area contributed by atoms with Crippen molar-refractivity contribution in [2.75, 3.05) is 31.6 Å². The molecule has 1 aliphatic heterocycles. The lowest BCUT2D eigenvalue weighted by Crippen LogP contribution is -2.48. The highest BCUT2D eigenvalue weighted by Crippen LogP contribution is 2.33. The van der Waals surface area contributed by atoms with Gasteiger partial charge in [0.1, 0.15) is 11.9 Å². The fraction of sp³-hybridized carbons (Fsp3) is 0.381. The summed E-state index contributed by atoms with van der Waals surface area (Å²) in [6.07, 6.45) is -0.102. The summed E-state index contributed by atoms with van der Waals surface area (Å²) in [7, 11) is 1.79.